The van der Waals surface area contributed by atoms with Crippen LogP contribution in [-0.2, 0) is 43.6 Å². The number of fused-ring (bicyclic) bond motifs is 1. The first-order valence-electron chi connectivity index (χ1n) is 13.7. The van der Waals surface area contributed by atoms with Crippen LogP contribution in [0.2, 0.25) is 0 Å². The summed E-state index contributed by atoms with van der Waals surface area (Å²) in [5.74, 6) is -5.79. The Hall–Kier alpha value is -4.17. The highest BCUT2D eigenvalue weighted by atomic mass is 16.6. The number of likely N-dealkylation sites (tertiary alicyclic amines) is 1. The molecule has 1 saturated heterocycles. The summed E-state index contributed by atoms with van der Waals surface area (Å²) in [5, 5.41) is 30.5. The van der Waals surface area contributed by atoms with Crippen molar-refractivity contribution in [2.75, 3.05) is 20.7 Å². The number of hydrogen-bond donors (Lipinski definition) is 3. The van der Waals surface area contributed by atoms with Crippen LogP contribution in [0.25, 0.3) is 0 Å². The molecule has 43 heavy (non-hydrogen) atoms. The van der Waals surface area contributed by atoms with Gasteiger partial charge in [0.25, 0.3) is 0 Å². The molecule has 0 radical (unpaired) electrons. The van der Waals surface area contributed by atoms with Gasteiger partial charge in [0.1, 0.15) is 5.76 Å². The Morgan fingerprint density at radius 1 is 1.12 bits per heavy atom. The highest BCUT2D eigenvalue weighted by Crippen LogP contribution is 2.62. The molecule has 1 fully saturated rings. The quantitative estimate of drug-likeness (QED) is 0.253. The average molecular weight is 606 g/mol. The summed E-state index contributed by atoms with van der Waals surface area (Å²) in [6, 6.07) is 3.31. The number of carboxylic acid groups (broad SMARTS) is 2. The van der Waals surface area contributed by atoms with E-state index in [1.54, 1.807) is 12.1 Å². The van der Waals surface area contributed by atoms with Gasteiger partial charge in [0.15, 0.2) is 17.6 Å². The number of hydrogen-bond acceptors (Lipinski definition) is 12. The molecule has 6 atom stereocenters. The number of aryl methyl sites for hydroxylation is 1. The molecule has 3 aliphatic rings. The number of carboxylic acids is 2. The number of likely N-dealkylation sites (N-methyl/N-ethyl adjacent to an activating group) is 1. The van der Waals surface area contributed by atoms with E-state index >= 15 is 0 Å². The van der Waals surface area contributed by atoms with Crippen LogP contribution in [0.1, 0.15) is 50.7 Å². The van der Waals surface area contributed by atoms with Gasteiger partial charge in [0.2, 0.25) is 12.2 Å². The summed E-state index contributed by atoms with van der Waals surface area (Å²) < 4.78 is 27.3. The van der Waals surface area contributed by atoms with Crippen LogP contribution in [0.3, 0.4) is 0 Å². The number of nitrogens with zero attached hydrogens (tertiary/aromatic N) is 1. The minimum absolute atomic E-state index is 0.0771. The van der Waals surface area contributed by atoms with Crippen molar-refractivity contribution >= 4 is 29.8 Å². The summed E-state index contributed by atoms with van der Waals surface area (Å²) in [4.78, 5) is 61.9. The maximum atomic E-state index is 13.2. The molecule has 0 amide bonds. The lowest BCUT2D eigenvalue weighted by Crippen LogP contribution is -2.71. The van der Waals surface area contributed by atoms with Crippen LogP contribution in [0, 0.1) is 6.92 Å². The van der Waals surface area contributed by atoms with E-state index in [9.17, 15) is 34.2 Å². The Bertz CT molecular complexity index is 1370. The number of methoxy groups -OCH3 is 1. The standard InChI is InChI=1S/C29H35NO13/c1-14-6-7-17(39-5)24-23(14)28-10-11-30(4)15(2)29(28,38)9-8-18(25(28)43-24)41-22(34)13-20(40-16(3)31)27(37)42-19(26(35)36)12-21(32)33/h6-8,15,19-20,25,38H,9-13H2,1-5H3,(H,32,33)(H,35,36)/t15-,19-,20+,25+,28+,29-/m1/s1. The third kappa shape index (κ3) is 5.52. The van der Waals surface area contributed by atoms with E-state index in [0.717, 1.165) is 18.1 Å². The number of esters is 3. The Labute approximate surface area is 247 Å². The lowest BCUT2D eigenvalue weighted by Gasteiger charge is -2.58. The molecule has 1 aliphatic carbocycles. The SMILES string of the molecule is COc1ccc(C)c2c1O[C@H]1C(OC(=O)C[C@H](OC(C)=O)C(=O)O[C@H](CC(=O)O)C(=O)O)=CC[C@@]3(O)[C@@H](C)N(C)CC[C@]213. The van der Waals surface area contributed by atoms with Crippen molar-refractivity contribution in [3.63, 3.8) is 0 Å². The first-order chi connectivity index (χ1) is 20.2. The van der Waals surface area contributed by atoms with E-state index in [1.165, 1.54) is 7.11 Å². The van der Waals surface area contributed by atoms with Gasteiger partial charge < -0.3 is 43.9 Å². The molecule has 4 rings (SSSR count). The molecule has 3 N–H and O–H groups in total. The van der Waals surface area contributed by atoms with Gasteiger partial charge in [-0.2, -0.15) is 0 Å². The number of carbonyl (C=O) groups is 5. The predicted molar refractivity (Wildman–Crippen MR) is 144 cm³/mol. The summed E-state index contributed by atoms with van der Waals surface area (Å²) in [5.41, 5.74) is -0.756. The monoisotopic (exact) mass is 605 g/mol. The Morgan fingerprint density at radius 2 is 1.81 bits per heavy atom. The van der Waals surface area contributed by atoms with Gasteiger partial charge >= 0.3 is 29.8 Å². The van der Waals surface area contributed by atoms with Crippen molar-refractivity contribution in [3.8, 4) is 11.5 Å². The van der Waals surface area contributed by atoms with Gasteiger partial charge in [-0.3, -0.25) is 14.4 Å². The lowest BCUT2D eigenvalue weighted by molar-refractivity contribution is -0.180. The maximum Gasteiger partial charge on any atom is 0.348 e. The minimum Gasteiger partial charge on any atom is -0.493 e. The molecule has 2 heterocycles. The third-order valence-corrected chi connectivity index (χ3v) is 8.58. The van der Waals surface area contributed by atoms with Crippen molar-refractivity contribution in [2.45, 2.75) is 81.8 Å². The Balaban J connectivity index is 1.64. The number of benzene rings is 1. The first kappa shape index (κ1) is 31.8. The van der Waals surface area contributed by atoms with E-state index in [4.69, 9.17) is 28.8 Å². The molecule has 0 bridgehead atoms. The van der Waals surface area contributed by atoms with Crippen LogP contribution in [0.15, 0.2) is 24.0 Å². The largest absolute Gasteiger partial charge is 0.493 e. The second kappa shape index (κ2) is 11.8. The average Bonchev–Trinajstić information content (AvgIpc) is 3.29. The Kier molecular flexibility index (Phi) is 8.75. The number of piperidine rings is 1. The Morgan fingerprint density at radius 3 is 2.42 bits per heavy atom. The second-order valence-corrected chi connectivity index (χ2v) is 11.0. The number of ether oxygens (including phenoxy) is 5. The van der Waals surface area contributed by atoms with Crippen molar-refractivity contribution in [3.05, 3.63) is 35.1 Å². The van der Waals surface area contributed by atoms with Crippen molar-refractivity contribution < 1.29 is 63.0 Å². The number of aliphatic carboxylic acids is 2. The van der Waals surface area contributed by atoms with Gasteiger partial charge in [-0.25, -0.2) is 9.59 Å². The van der Waals surface area contributed by atoms with Gasteiger partial charge in [0.05, 0.1) is 31.0 Å². The van der Waals surface area contributed by atoms with Crippen LogP contribution >= 0.6 is 0 Å². The molecule has 14 heteroatoms. The van der Waals surface area contributed by atoms with Crippen molar-refractivity contribution in [1.29, 1.82) is 0 Å². The van der Waals surface area contributed by atoms with Crippen LogP contribution in [-0.4, -0.2) is 101 Å². The van der Waals surface area contributed by atoms with E-state index < -0.39 is 72.0 Å². The molecule has 2 aliphatic heterocycles. The summed E-state index contributed by atoms with van der Waals surface area (Å²) in [6.45, 7) is 5.38. The lowest BCUT2D eigenvalue weighted by atomic mass is 9.54. The fraction of sp³-hybridized carbons (Fsp3) is 0.552. The zero-order chi connectivity index (χ0) is 31.9. The number of aliphatic hydroxyl groups is 1. The van der Waals surface area contributed by atoms with Gasteiger partial charge in [-0.15, -0.1) is 0 Å². The molecule has 0 aromatic heterocycles. The second-order valence-electron chi connectivity index (χ2n) is 11.0. The van der Waals surface area contributed by atoms with Crippen molar-refractivity contribution in [2.24, 2.45) is 0 Å². The molecular formula is C29H35NO13. The van der Waals surface area contributed by atoms with E-state index in [-0.39, 0.29) is 18.2 Å². The van der Waals surface area contributed by atoms with E-state index in [2.05, 4.69) is 0 Å². The molecule has 1 aromatic rings. The zero-order valence-electron chi connectivity index (χ0n) is 24.4. The van der Waals surface area contributed by atoms with Crippen LogP contribution in [0.4, 0.5) is 0 Å². The highest BCUT2D eigenvalue weighted by molar-refractivity contribution is 5.87. The molecule has 14 nitrogen and oxygen atoms in total. The summed E-state index contributed by atoms with van der Waals surface area (Å²) in [7, 11) is 3.41. The molecular weight excluding hydrogens is 570 g/mol. The van der Waals surface area contributed by atoms with E-state index in [0.29, 0.717) is 24.5 Å². The normalized spacial score (nSPS) is 27.2. The number of carbonyl (C=O) groups excluding carboxylic acids is 3. The number of rotatable bonds is 10. The molecule has 1 aromatic carbocycles. The predicted octanol–water partition coefficient (Wildman–Crippen LogP) is 1.08. The first-order valence-corrected chi connectivity index (χ1v) is 13.7. The topological polar surface area (TPSA) is 195 Å². The fourth-order valence-corrected chi connectivity index (χ4v) is 6.41. The van der Waals surface area contributed by atoms with Crippen LogP contribution in [0.5, 0.6) is 11.5 Å². The molecule has 234 valence electrons. The molecule has 1 spiro atoms. The highest BCUT2D eigenvalue weighted by Gasteiger charge is 2.69. The van der Waals surface area contributed by atoms with Gasteiger partial charge in [0, 0.05) is 24.9 Å². The van der Waals surface area contributed by atoms with E-state index in [1.807, 2.05) is 31.9 Å². The van der Waals surface area contributed by atoms with Crippen LogP contribution < -0.4 is 9.47 Å². The fourth-order valence-electron chi connectivity index (χ4n) is 6.41. The van der Waals surface area contributed by atoms with Gasteiger partial charge in [-0.1, -0.05) is 6.07 Å². The smallest absolute Gasteiger partial charge is 0.348 e. The summed E-state index contributed by atoms with van der Waals surface area (Å²) >= 11 is 0. The zero-order valence-corrected chi connectivity index (χ0v) is 24.4. The summed E-state index contributed by atoms with van der Waals surface area (Å²) in [6.07, 6.45) is -4.76. The minimum atomic E-state index is -2.08. The van der Waals surface area contributed by atoms with Gasteiger partial charge in [-0.05, 0) is 51.6 Å². The van der Waals surface area contributed by atoms with Crippen molar-refractivity contribution in [1.82, 2.24) is 4.90 Å². The molecule has 0 saturated carbocycles. The maximum absolute atomic E-state index is 13.2. The third-order valence-electron chi connectivity index (χ3n) is 8.58. The molecule has 0 unspecified atom stereocenters.